The van der Waals surface area contributed by atoms with Crippen LogP contribution < -0.4 is 23.8 Å². The number of nitrogens with zero attached hydrogens (tertiary/aromatic N) is 1. The molecule has 0 aliphatic carbocycles. The minimum Gasteiger partial charge on any atom is -0.486 e. The van der Waals surface area contributed by atoms with E-state index in [1.807, 2.05) is 30.3 Å². The summed E-state index contributed by atoms with van der Waals surface area (Å²) in [6.07, 6.45) is 0. The van der Waals surface area contributed by atoms with Gasteiger partial charge in [-0.05, 0) is 59.7 Å². The van der Waals surface area contributed by atoms with Gasteiger partial charge in [-0.15, -0.1) is 0 Å². The molecule has 0 radical (unpaired) electrons. The maximum Gasteiger partial charge on any atom is 0.161 e. The molecule has 0 bridgehead atoms. The summed E-state index contributed by atoms with van der Waals surface area (Å²) in [5.74, 6) is 3.20. The van der Waals surface area contributed by atoms with Crippen LogP contribution in [-0.2, 0) is 13.1 Å². The lowest BCUT2D eigenvalue weighted by Crippen LogP contribution is -2.23. The predicted molar refractivity (Wildman–Crippen MR) is 138 cm³/mol. The van der Waals surface area contributed by atoms with Gasteiger partial charge in [-0.2, -0.15) is 0 Å². The molecule has 3 heterocycles. The highest BCUT2D eigenvalue weighted by Crippen LogP contribution is 2.36. The van der Waals surface area contributed by atoms with E-state index >= 15 is 0 Å². The van der Waals surface area contributed by atoms with E-state index in [1.165, 1.54) is 0 Å². The summed E-state index contributed by atoms with van der Waals surface area (Å²) in [5.41, 5.74) is 5.19. The lowest BCUT2D eigenvalue weighted by atomic mass is 10.1. The summed E-state index contributed by atoms with van der Waals surface area (Å²) in [5, 5.41) is 2.23. The van der Waals surface area contributed by atoms with Crippen molar-refractivity contribution in [1.82, 2.24) is 0 Å². The van der Waals surface area contributed by atoms with E-state index in [0.717, 1.165) is 61.8 Å². The van der Waals surface area contributed by atoms with Crippen molar-refractivity contribution in [3.8, 4) is 23.0 Å². The van der Waals surface area contributed by atoms with Crippen LogP contribution in [0.4, 0.5) is 5.69 Å². The number of hydrogen-bond donors (Lipinski definition) is 0. The first-order chi connectivity index (χ1) is 17.8. The molecule has 2 aliphatic rings. The van der Waals surface area contributed by atoms with Crippen molar-refractivity contribution in [3.05, 3.63) is 90.0 Å². The summed E-state index contributed by atoms with van der Waals surface area (Å²) >= 11 is 0. The van der Waals surface area contributed by atoms with Crippen LogP contribution in [0.15, 0.2) is 83.3 Å². The summed E-state index contributed by atoms with van der Waals surface area (Å²) in [7, 11) is 0. The summed E-state index contributed by atoms with van der Waals surface area (Å²) in [6, 6.07) is 26.9. The third-order valence-corrected chi connectivity index (χ3v) is 6.69. The van der Waals surface area contributed by atoms with E-state index in [-0.39, 0.29) is 0 Å². The molecule has 0 fully saturated rings. The van der Waals surface area contributed by atoms with Crippen molar-refractivity contribution in [2.24, 2.45) is 0 Å². The lowest BCUT2D eigenvalue weighted by molar-refractivity contribution is 0.171. The molecule has 0 amide bonds. The molecule has 7 rings (SSSR count). The van der Waals surface area contributed by atoms with Crippen LogP contribution in [-0.4, -0.2) is 26.4 Å². The second kappa shape index (κ2) is 8.72. The number of benzene rings is 4. The Labute approximate surface area is 208 Å². The molecule has 0 atom stereocenters. The zero-order chi connectivity index (χ0) is 23.9. The molecule has 4 aromatic carbocycles. The highest BCUT2D eigenvalue weighted by Gasteiger charge is 2.18. The normalized spacial score (nSPS) is 14.2. The number of ether oxygens (including phenoxy) is 4. The van der Waals surface area contributed by atoms with Gasteiger partial charge in [0, 0.05) is 29.5 Å². The Bertz CT molecular complexity index is 1510. The minimum atomic E-state index is 0.571. The maximum absolute atomic E-state index is 6.07. The van der Waals surface area contributed by atoms with Gasteiger partial charge in [0.15, 0.2) is 23.0 Å². The molecular weight excluding hydrogens is 454 g/mol. The Morgan fingerprint density at radius 1 is 0.528 bits per heavy atom. The molecule has 6 heteroatoms. The maximum atomic E-state index is 6.07. The van der Waals surface area contributed by atoms with Crippen LogP contribution >= 0.6 is 0 Å². The molecule has 6 nitrogen and oxygen atoms in total. The molecule has 0 saturated carbocycles. The Morgan fingerprint density at radius 2 is 1.11 bits per heavy atom. The van der Waals surface area contributed by atoms with Gasteiger partial charge >= 0.3 is 0 Å². The number of fused-ring (bicyclic) bond motifs is 5. The number of hydrogen-bond acceptors (Lipinski definition) is 6. The van der Waals surface area contributed by atoms with Crippen LogP contribution in [0.2, 0.25) is 0 Å². The summed E-state index contributed by atoms with van der Waals surface area (Å²) in [4.78, 5) is 2.36. The van der Waals surface area contributed by atoms with Gasteiger partial charge in [-0.1, -0.05) is 30.3 Å². The first-order valence-corrected chi connectivity index (χ1v) is 12.2. The molecule has 0 unspecified atom stereocenters. The van der Waals surface area contributed by atoms with Gasteiger partial charge in [-0.25, -0.2) is 0 Å². The standard InChI is InChI=1S/C30H25NO5/c1-2-4-25-23(3-1)24-17-22(7-10-26(24)36-25)31(18-20-5-8-27-29(15-20)34-13-11-32-27)19-21-6-9-28-30(16-21)35-14-12-33-28/h1-10,15-17H,11-14,18-19H2. The molecule has 1 aromatic heterocycles. The number of para-hydroxylation sites is 1. The summed E-state index contributed by atoms with van der Waals surface area (Å²) < 4.78 is 29.2. The van der Waals surface area contributed by atoms with Crippen molar-refractivity contribution in [2.75, 3.05) is 31.3 Å². The average molecular weight is 480 g/mol. The third kappa shape index (κ3) is 3.85. The third-order valence-electron chi connectivity index (χ3n) is 6.69. The van der Waals surface area contributed by atoms with Crippen LogP contribution in [0, 0.1) is 0 Å². The molecule has 36 heavy (non-hydrogen) atoms. The quantitative estimate of drug-likeness (QED) is 0.293. The van der Waals surface area contributed by atoms with Crippen molar-refractivity contribution in [1.29, 1.82) is 0 Å². The second-order valence-corrected chi connectivity index (χ2v) is 9.09. The fourth-order valence-corrected chi connectivity index (χ4v) is 4.96. The second-order valence-electron chi connectivity index (χ2n) is 9.09. The number of rotatable bonds is 5. The van der Waals surface area contributed by atoms with Gasteiger partial charge in [0.25, 0.3) is 0 Å². The molecular formula is C30H25NO5. The van der Waals surface area contributed by atoms with E-state index in [4.69, 9.17) is 23.4 Å². The van der Waals surface area contributed by atoms with E-state index < -0.39 is 0 Å². The van der Waals surface area contributed by atoms with Crippen LogP contribution in [0.1, 0.15) is 11.1 Å². The van der Waals surface area contributed by atoms with Crippen molar-refractivity contribution in [2.45, 2.75) is 13.1 Å². The molecule has 2 aliphatic heterocycles. The number of anilines is 1. The Balaban J connectivity index is 1.28. The Morgan fingerprint density at radius 3 is 1.78 bits per heavy atom. The van der Waals surface area contributed by atoms with E-state index in [0.29, 0.717) is 39.5 Å². The Hall–Kier alpha value is -4.32. The van der Waals surface area contributed by atoms with Crippen molar-refractivity contribution < 1.29 is 23.4 Å². The molecule has 0 saturated heterocycles. The van der Waals surface area contributed by atoms with Gasteiger partial charge in [0.1, 0.15) is 37.6 Å². The molecule has 0 N–H and O–H groups in total. The highest BCUT2D eigenvalue weighted by atomic mass is 16.6. The van der Waals surface area contributed by atoms with Gasteiger partial charge in [0.2, 0.25) is 0 Å². The van der Waals surface area contributed by atoms with Crippen LogP contribution in [0.25, 0.3) is 21.9 Å². The largest absolute Gasteiger partial charge is 0.486 e. The zero-order valence-corrected chi connectivity index (χ0v) is 19.7. The first kappa shape index (κ1) is 21.0. The zero-order valence-electron chi connectivity index (χ0n) is 19.7. The number of furan rings is 1. The molecule has 5 aromatic rings. The lowest BCUT2D eigenvalue weighted by Gasteiger charge is -2.27. The topological polar surface area (TPSA) is 53.3 Å². The average Bonchev–Trinajstić information content (AvgIpc) is 3.30. The fraction of sp³-hybridized carbons (Fsp3) is 0.200. The molecule has 180 valence electrons. The van der Waals surface area contributed by atoms with Crippen molar-refractivity contribution >= 4 is 27.6 Å². The van der Waals surface area contributed by atoms with Crippen molar-refractivity contribution in [3.63, 3.8) is 0 Å². The van der Waals surface area contributed by atoms with Crippen LogP contribution in [0.5, 0.6) is 23.0 Å². The van der Waals surface area contributed by atoms with E-state index in [9.17, 15) is 0 Å². The van der Waals surface area contributed by atoms with Gasteiger partial charge < -0.3 is 28.3 Å². The predicted octanol–water partition coefficient (Wildman–Crippen LogP) is 6.34. The monoisotopic (exact) mass is 479 g/mol. The van der Waals surface area contributed by atoms with E-state index in [2.05, 4.69) is 53.4 Å². The molecule has 0 spiro atoms. The van der Waals surface area contributed by atoms with Gasteiger partial charge in [0.05, 0.1) is 0 Å². The minimum absolute atomic E-state index is 0.571. The smallest absolute Gasteiger partial charge is 0.161 e. The first-order valence-electron chi connectivity index (χ1n) is 12.2. The Kier molecular flexibility index (Phi) is 5.09. The van der Waals surface area contributed by atoms with Gasteiger partial charge in [-0.3, -0.25) is 0 Å². The fourth-order valence-electron chi connectivity index (χ4n) is 4.96. The SMILES string of the molecule is c1ccc2c(c1)oc1ccc(N(Cc3ccc4c(c3)OCCO4)Cc3ccc4c(c3)OCCO4)cc12. The van der Waals surface area contributed by atoms with Crippen LogP contribution in [0.3, 0.4) is 0 Å². The van der Waals surface area contributed by atoms with E-state index in [1.54, 1.807) is 0 Å². The highest BCUT2D eigenvalue weighted by molar-refractivity contribution is 6.05. The summed E-state index contributed by atoms with van der Waals surface area (Å²) in [6.45, 7) is 3.71.